The van der Waals surface area contributed by atoms with Gasteiger partial charge in [-0.25, -0.2) is 0 Å². The van der Waals surface area contributed by atoms with Crippen molar-refractivity contribution in [3.63, 3.8) is 0 Å². The van der Waals surface area contributed by atoms with Crippen molar-refractivity contribution in [3.8, 4) is 11.5 Å². The van der Waals surface area contributed by atoms with Crippen LogP contribution in [0.25, 0.3) is 0 Å². The SMILES string of the molecule is Nc1cc2c(cc1NC(=O)C1CCC(c3ccccc3)CC1)OCO2. The maximum atomic E-state index is 12.6. The minimum Gasteiger partial charge on any atom is -0.454 e. The Morgan fingerprint density at radius 1 is 1.00 bits per heavy atom. The fourth-order valence-corrected chi connectivity index (χ4v) is 3.71. The molecule has 0 spiro atoms. The molecule has 1 heterocycles. The summed E-state index contributed by atoms with van der Waals surface area (Å²) in [4.78, 5) is 12.6. The topological polar surface area (TPSA) is 73.6 Å². The molecule has 5 heteroatoms. The van der Waals surface area contributed by atoms with Crippen LogP contribution in [0.5, 0.6) is 11.5 Å². The van der Waals surface area contributed by atoms with Crippen molar-refractivity contribution in [2.45, 2.75) is 31.6 Å². The van der Waals surface area contributed by atoms with Gasteiger partial charge in [0.15, 0.2) is 11.5 Å². The van der Waals surface area contributed by atoms with E-state index >= 15 is 0 Å². The number of nitrogens with one attached hydrogen (secondary N) is 1. The molecule has 4 rings (SSSR count). The van der Waals surface area contributed by atoms with Gasteiger partial charge in [0.05, 0.1) is 11.4 Å². The summed E-state index contributed by atoms with van der Waals surface area (Å²) in [6.07, 6.45) is 3.88. The minimum absolute atomic E-state index is 0.0322. The Morgan fingerprint density at radius 3 is 2.40 bits per heavy atom. The highest BCUT2D eigenvalue weighted by Crippen LogP contribution is 2.40. The lowest BCUT2D eigenvalue weighted by molar-refractivity contribution is -0.120. The number of benzene rings is 2. The Morgan fingerprint density at radius 2 is 1.68 bits per heavy atom. The molecule has 0 aromatic heterocycles. The number of amides is 1. The Labute approximate surface area is 147 Å². The van der Waals surface area contributed by atoms with E-state index in [0.29, 0.717) is 28.8 Å². The molecule has 0 atom stereocenters. The van der Waals surface area contributed by atoms with Gasteiger partial charge in [-0.05, 0) is 37.2 Å². The highest BCUT2D eigenvalue weighted by molar-refractivity contribution is 5.96. The van der Waals surface area contributed by atoms with Crippen LogP contribution >= 0.6 is 0 Å². The number of hydrogen-bond donors (Lipinski definition) is 2. The molecule has 0 radical (unpaired) electrons. The molecule has 2 aliphatic rings. The van der Waals surface area contributed by atoms with E-state index < -0.39 is 0 Å². The van der Waals surface area contributed by atoms with Crippen LogP contribution < -0.4 is 20.5 Å². The van der Waals surface area contributed by atoms with Gasteiger partial charge >= 0.3 is 0 Å². The van der Waals surface area contributed by atoms with Crippen LogP contribution in [0.15, 0.2) is 42.5 Å². The molecule has 1 aliphatic heterocycles. The van der Waals surface area contributed by atoms with Crippen molar-refractivity contribution in [1.82, 2.24) is 0 Å². The first-order valence-electron chi connectivity index (χ1n) is 8.75. The van der Waals surface area contributed by atoms with Crippen molar-refractivity contribution in [1.29, 1.82) is 0 Å². The first kappa shape index (κ1) is 15.8. The molecule has 1 aliphatic carbocycles. The molecule has 1 saturated carbocycles. The van der Waals surface area contributed by atoms with Crippen molar-refractivity contribution >= 4 is 17.3 Å². The Hall–Kier alpha value is -2.69. The Balaban J connectivity index is 1.38. The maximum absolute atomic E-state index is 12.6. The molecule has 25 heavy (non-hydrogen) atoms. The van der Waals surface area contributed by atoms with Gasteiger partial charge in [-0.2, -0.15) is 0 Å². The van der Waals surface area contributed by atoms with Crippen LogP contribution in [0.3, 0.4) is 0 Å². The fourth-order valence-electron chi connectivity index (χ4n) is 3.71. The normalized spacial score (nSPS) is 21.8. The van der Waals surface area contributed by atoms with Crippen molar-refractivity contribution in [2.75, 3.05) is 17.8 Å². The number of anilines is 2. The summed E-state index contributed by atoms with van der Waals surface area (Å²) in [5.41, 5.74) is 8.49. The van der Waals surface area contributed by atoms with E-state index in [1.807, 2.05) is 6.07 Å². The molecule has 130 valence electrons. The highest BCUT2D eigenvalue weighted by Gasteiger charge is 2.28. The Kier molecular flexibility index (Phi) is 4.22. The maximum Gasteiger partial charge on any atom is 0.231 e. The lowest BCUT2D eigenvalue weighted by atomic mass is 9.78. The Bertz CT molecular complexity index is 768. The number of carbonyl (C=O) groups is 1. The van der Waals surface area contributed by atoms with Crippen LogP contribution in [0, 0.1) is 5.92 Å². The van der Waals surface area contributed by atoms with Crippen LogP contribution in [0.2, 0.25) is 0 Å². The molecule has 1 fully saturated rings. The van der Waals surface area contributed by atoms with E-state index in [4.69, 9.17) is 15.2 Å². The number of carbonyl (C=O) groups excluding carboxylic acids is 1. The standard InChI is InChI=1S/C20H22N2O3/c21-16-10-18-19(25-12-24-18)11-17(16)22-20(23)15-8-6-14(7-9-15)13-4-2-1-3-5-13/h1-5,10-11,14-15H,6-9,12,21H2,(H,22,23). The summed E-state index contributed by atoms with van der Waals surface area (Å²) in [6.45, 7) is 0.190. The zero-order chi connectivity index (χ0) is 17.2. The van der Waals surface area contributed by atoms with Crippen LogP contribution in [0.4, 0.5) is 11.4 Å². The highest BCUT2D eigenvalue weighted by atomic mass is 16.7. The summed E-state index contributed by atoms with van der Waals surface area (Å²) in [7, 11) is 0. The number of fused-ring (bicyclic) bond motifs is 1. The number of ether oxygens (including phenoxy) is 2. The van der Waals surface area contributed by atoms with Crippen LogP contribution in [0.1, 0.15) is 37.2 Å². The van der Waals surface area contributed by atoms with Gasteiger partial charge in [-0.15, -0.1) is 0 Å². The predicted octanol–water partition coefficient (Wildman–Crippen LogP) is 3.91. The molecule has 2 aromatic carbocycles. The van der Waals surface area contributed by atoms with Gasteiger partial charge < -0.3 is 20.5 Å². The second kappa shape index (κ2) is 6.67. The first-order valence-corrected chi connectivity index (χ1v) is 8.75. The number of rotatable bonds is 3. The molecule has 0 saturated heterocycles. The van der Waals surface area contributed by atoms with Gasteiger partial charge in [0, 0.05) is 18.1 Å². The first-order chi connectivity index (χ1) is 12.2. The number of hydrogen-bond acceptors (Lipinski definition) is 4. The van der Waals surface area contributed by atoms with Crippen molar-refractivity contribution in [3.05, 3.63) is 48.0 Å². The second-order valence-corrected chi connectivity index (χ2v) is 6.74. The van der Waals surface area contributed by atoms with Gasteiger partial charge in [0.2, 0.25) is 12.7 Å². The van der Waals surface area contributed by atoms with E-state index in [-0.39, 0.29) is 18.6 Å². The van der Waals surface area contributed by atoms with E-state index in [1.165, 1.54) is 5.56 Å². The predicted molar refractivity (Wildman–Crippen MR) is 96.7 cm³/mol. The summed E-state index contributed by atoms with van der Waals surface area (Å²) >= 11 is 0. The van der Waals surface area contributed by atoms with E-state index in [2.05, 4.69) is 29.6 Å². The third kappa shape index (κ3) is 3.27. The molecule has 0 bridgehead atoms. The number of nitrogen functional groups attached to an aromatic ring is 1. The monoisotopic (exact) mass is 338 g/mol. The molecule has 1 amide bonds. The van der Waals surface area contributed by atoms with Gasteiger partial charge in [-0.1, -0.05) is 30.3 Å². The summed E-state index contributed by atoms with van der Waals surface area (Å²) < 4.78 is 10.6. The fraction of sp³-hybridized carbons (Fsp3) is 0.350. The van der Waals surface area contributed by atoms with E-state index in [1.54, 1.807) is 12.1 Å². The molecule has 2 aromatic rings. The van der Waals surface area contributed by atoms with E-state index in [0.717, 1.165) is 25.7 Å². The second-order valence-electron chi connectivity index (χ2n) is 6.74. The molecule has 0 unspecified atom stereocenters. The third-order valence-electron chi connectivity index (χ3n) is 5.17. The lowest BCUT2D eigenvalue weighted by Gasteiger charge is -2.28. The molecular formula is C20H22N2O3. The van der Waals surface area contributed by atoms with Crippen molar-refractivity contribution in [2.24, 2.45) is 5.92 Å². The smallest absolute Gasteiger partial charge is 0.231 e. The summed E-state index contributed by atoms with van der Waals surface area (Å²) in [5, 5.41) is 2.96. The molecule has 5 nitrogen and oxygen atoms in total. The lowest BCUT2D eigenvalue weighted by Crippen LogP contribution is -2.27. The minimum atomic E-state index is 0.0322. The molecular weight excluding hydrogens is 316 g/mol. The average molecular weight is 338 g/mol. The van der Waals surface area contributed by atoms with Crippen LogP contribution in [-0.4, -0.2) is 12.7 Å². The zero-order valence-electron chi connectivity index (χ0n) is 14.0. The van der Waals surface area contributed by atoms with Crippen LogP contribution in [-0.2, 0) is 4.79 Å². The van der Waals surface area contributed by atoms with Crippen molar-refractivity contribution < 1.29 is 14.3 Å². The summed E-state index contributed by atoms with van der Waals surface area (Å²) in [5.74, 6) is 1.87. The zero-order valence-corrected chi connectivity index (χ0v) is 14.0. The average Bonchev–Trinajstić information content (AvgIpc) is 3.10. The summed E-state index contributed by atoms with van der Waals surface area (Å²) in [6, 6.07) is 14.0. The third-order valence-corrected chi connectivity index (χ3v) is 5.17. The van der Waals surface area contributed by atoms with Gasteiger partial charge in [-0.3, -0.25) is 4.79 Å². The quantitative estimate of drug-likeness (QED) is 0.832. The van der Waals surface area contributed by atoms with Gasteiger partial charge in [0.1, 0.15) is 0 Å². The van der Waals surface area contributed by atoms with E-state index in [9.17, 15) is 4.79 Å². The largest absolute Gasteiger partial charge is 0.454 e. The van der Waals surface area contributed by atoms with Gasteiger partial charge in [0.25, 0.3) is 0 Å². The molecule has 3 N–H and O–H groups in total. The number of nitrogens with two attached hydrogens (primary N) is 1.